The second-order valence-electron chi connectivity index (χ2n) is 13.0. The molecule has 1 aliphatic heterocycles. The third-order valence-electron chi connectivity index (χ3n) is 8.04. The fourth-order valence-corrected chi connectivity index (χ4v) is 5.25. The van der Waals surface area contributed by atoms with E-state index >= 15 is 0 Å². The Morgan fingerprint density at radius 2 is 1.60 bits per heavy atom. The van der Waals surface area contributed by atoms with Gasteiger partial charge in [0.1, 0.15) is 11.5 Å². The van der Waals surface area contributed by atoms with Gasteiger partial charge in [-0.3, -0.25) is 4.79 Å². The Hall–Kier alpha value is -3.34. The molecular weight excluding hydrogens is 526 g/mol. The number of esters is 1. The zero-order chi connectivity index (χ0) is 30.8. The molecular formula is C35H49N3O4. The highest BCUT2D eigenvalue weighted by atomic mass is 16.5. The van der Waals surface area contributed by atoms with Gasteiger partial charge in [0.2, 0.25) is 0 Å². The summed E-state index contributed by atoms with van der Waals surface area (Å²) in [7, 11) is 0. The average molecular weight is 576 g/mol. The number of carbonyl (C=O) groups is 1. The molecule has 7 heteroatoms. The van der Waals surface area contributed by atoms with E-state index in [2.05, 4.69) is 12.1 Å². The molecule has 0 aliphatic carbocycles. The second-order valence-corrected chi connectivity index (χ2v) is 13.0. The Kier molecular flexibility index (Phi) is 11.6. The van der Waals surface area contributed by atoms with Gasteiger partial charge in [-0.05, 0) is 107 Å². The summed E-state index contributed by atoms with van der Waals surface area (Å²) in [5.74, 6) is 1.44. The fraction of sp³-hybridized carbons (Fsp3) is 0.543. The molecule has 0 saturated heterocycles. The van der Waals surface area contributed by atoms with Crippen LogP contribution in [0.1, 0.15) is 96.3 Å². The zero-order valence-electron chi connectivity index (χ0n) is 26.1. The Morgan fingerprint density at radius 1 is 0.952 bits per heavy atom. The van der Waals surface area contributed by atoms with Gasteiger partial charge in [-0.1, -0.05) is 37.8 Å². The number of allylic oxidation sites excluding steroid dienone is 1. The highest BCUT2D eigenvalue weighted by Gasteiger charge is 2.48. The van der Waals surface area contributed by atoms with E-state index in [1.807, 2.05) is 77.1 Å². The molecule has 2 aromatic rings. The van der Waals surface area contributed by atoms with Gasteiger partial charge in [0.15, 0.2) is 0 Å². The Balaban J connectivity index is 1.31. The molecule has 0 saturated carbocycles. The highest BCUT2D eigenvalue weighted by molar-refractivity contribution is 5.89. The lowest BCUT2D eigenvalue weighted by Crippen LogP contribution is -2.58. The molecule has 0 fully saturated rings. The molecule has 0 spiro atoms. The van der Waals surface area contributed by atoms with E-state index in [0.717, 1.165) is 74.2 Å². The molecule has 0 radical (unpaired) electrons. The van der Waals surface area contributed by atoms with Crippen molar-refractivity contribution in [1.29, 1.82) is 5.26 Å². The van der Waals surface area contributed by atoms with E-state index in [4.69, 9.17) is 25.7 Å². The maximum Gasteiger partial charge on any atom is 0.313 e. The number of hydrogen-bond donors (Lipinski definition) is 2. The van der Waals surface area contributed by atoms with Gasteiger partial charge in [0.05, 0.1) is 36.9 Å². The van der Waals surface area contributed by atoms with Crippen molar-refractivity contribution >= 4 is 17.6 Å². The minimum atomic E-state index is -0.849. The van der Waals surface area contributed by atoms with Crippen LogP contribution in [0.15, 0.2) is 42.5 Å². The van der Waals surface area contributed by atoms with Crippen LogP contribution in [0.2, 0.25) is 0 Å². The first kappa shape index (κ1) is 33.2. The highest BCUT2D eigenvalue weighted by Crippen LogP contribution is 2.38. The number of nitrogens with two attached hydrogens (primary N) is 2. The molecule has 2 aromatic carbocycles. The van der Waals surface area contributed by atoms with Gasteiger partial charge >= 0.3 is 5.97 Å². The minimum Gasteiger partial charge on any atom is -0.494 e. The van der Waals surface area contributed by atoms with Gasteiger partial charge in [-0.25, -0.2) is 0 Å². The van der Waals surface area contributed by atoms with Crippen LogP contribution in [-0.2, 0) is 16.0 Å². The monoisotopic (exact) mass is 575 g/mol. The molecule has 0 amide bonds. The van der Waals surface area contributed by atoms with Crippen LogP contribution in [0, 0.1) is 16.7 Å². The molecule has 228 valence electrons. The van der Waals surface area contributed by atoms with Gasteiger partial charge in [0.25, 0.3) is 0 Å². The molecule has 3 rings (SSSR count). The predicted octanol–water partition coefficient (Wildman–Crippen LogP) is 6.82. The lowest BCUT2D eigenvalue weighted by molar-refractivity contribution is -0.160. The van der Waals surface area contributed by atoms with E-state index in [1.165, 1.54) is 5.56 Å². The summed E-state index contributed by atoms with van der Waals surface area (Å²) in [6.07, 6.45) is 9.37. The maximum absolute atomic E-state index is 12.9. The van der Waals surface area contributed by atoms with Crippen LogP contribution >= 0.6 is 0 Å². The number of nitriles is 1. The lowest BCUT2D eigenvalue weighted by Gasteiger charge is -2.42. The average Bonchev–Trinajstić information content (AvgIpc) is 3.39. The predicted molar refractivity (Wildman–Crippen MR) is 169 cm³/mol. The number of hydrogen-bond acceptors (Lipinski definition) is 7. The normalized spacial score (nSPS) is 14.9. The summed E-state index contributed by atoms with van der Waals surface area (Å²) < 4.78 is 17.2. The zero-order valence-corrected chi connectivity index (χ0v) is 26.1. The molecule has 7 nitrogen and oxygen atoms in total. The van der Waals surface area contributed by atoms with Crippen LogP contribution in [0.5, 0.6) is 11.5 Å². The van der Waals surface area contributed by atoms with Crippen molar-refractivity contribution in [2.45, 2.75) is 97.1 Å². The summed E-state index contributed by atoms with van der Waals surface area (Å²) in [5.41, 5.74) is 14.1. The standard InChI is InChI=1S/C35H49N3O4/c1-33(2,37)25-35(5,34(3,4)38)32(39)42-20-11-9-7-6-8-10-19-40-30-16-14-27(15-17-30)29(24-36)22-26-12-13-28-18-21-41-31(28)23-26/h12-17,22-23H,6-11,18-21,25,37-38H2,1-5H3/b29-22+. The number of carbonyl (C=O) groups excluding carboxylic acids is 1. The number of ether oxygens (including phenoxy) is 3. The van der Waals surface area contributed by atoms with Crippen molar-refractivity contribution < 1.29 is 19.0 Å². The molecule has 0 bridgehead atoms. The van der Waals surface area contributed by atoms with Gasteiger partial charge in [-0.15, -0.1) is 0 Å². The Labute approximate surface area is 252 Å². The van der Waals surface area contributed by atoms with Gasteiger partial charge < -0.3 is 25.7 Å². The van der Waals surface area contributed by atoms with Crippen molar-refractivity contribution in [2.24, 2.45) is 16.9 Å². The van der Waals surface area contributed by atoms with Crippen molar-refractivity contribution in [3.63, 3.8) is 0 Å². The van der Waals surface area contributed by atoms with Crippen molar-refractivity contribution in [1.82, 2.24) is 0 Å². The molecule has 4 N–H and O–H groups in total. The van der Waals surface area contributed by atoms with Crippen LogP contribution in [0.4, 0.5) is 0 Å². The molecule has 0 aromatic heterocycles. The number of benzene rings is 2. The summed E-state index contributed by atoms with van der Waals surface area (Å²) in [6, 6.07) is 16.1. The first-order valence-electron chi connectivity index (χ1n) is 15.2. The smallest absolute Gasteiger partial charge is 0.313 e. The second kappa shape index (κ2) is 14.7. The van der Waals surface area contributed by atoms with E-state index < -0.39 is 16.5 Å². The number of nitrogens with zero attached hydrogens (tertiary/aromatic N) is 1. The fourth-order valence-electron chi connectivity index (χ4n) is 5.25. The van der Waals surface area contributed by atoms with E-state index in [1.54, 1.807) is 0 Å². The molecule has 1 heterocycles. The Bertz CT molecular complexity index is 1250. The van der Waals surface area contributed by atoms with Crippen molar-refractivity contribution in [3.05, 3.63) is 59.2 Å². The van der Waals surface area contributed by atoms with E-state index in [9.17, 15) is 10.1 Å². The van der Waals surface area contributed by atoms with Crippen LogP contribution in [0.3, 0.4) is 0 Å². The molecule has 42 heavy (non-hydrogen) atoms. The first-order valence-corrected chi connectivity index (χ1v) is 15.2. The summed E-state index contributed by atoms with van der Waals surface area (Å²) in [5, 5.41) is 9.71. The maximum atomic E-state index is 12.9. The largest absolute Gasteiger partial charge is 0.494 e. The third kappa shape index (κ3) is 9.61. The van der Waals surface area contributed by atoms with E-state index in [0.29, 0.717) is 25.2 Å². The SMILES string of the molecule is CC(C)(N)CC(C)(C(=O)OCCCCCCCCOc1ccc(/C(C#N)=C/c2ccc3c(c2)OCC3)cc1)C(C)(C)N. The first-order chi connectivity index (χ1) is 19.8. The third-order valence-corrected chi connectivity index (χ3v) is 8.04. The van der Waals surface area contributed by atoms with Crippen LogP contribution in [0.25, 0.3) is 11.6 Å². The molecule has 1 aliphatic rings. The van der Waals surface area contributed by atoms with Gasteiger partial charge in [-0.2, -0.15) is 5.26 Å². The summed E-state index contributed by atoms with van der Waals surface area (Å²) in [6.45, 7) is 11.1. The van der Waals surface area contributed by atoms with Crippen LogP contribution in [-0.4, -0.2) is 36.9 Å². The summed E-state index contributed by atoms with van der Waals surface area (Å²) in [4.78, 5) is 12.9. The molecule has 1 unspecified atom stereocenters. The van der Waals surface area contributed by atoms with Crippen molar-refractivity contribution in [2.75, 3.05) is 19.8 Å². The van der Waals surface area contributed by atoms with E-state index in [-0.39, 0.29) is 5.97 Å². The topological polar surface area (TPSA) is 121 Å². The quantitative estimate of drug-likeness (QED) is 0.0975. The number of unbranched alkanes of at least 4 members (excludes halogenated alkanes) is 5. The number of rotatable bonds is 16. The van der Waals surface area contributed by atoms with Crippen LogP contribution < -0.4 is 20.9 Å². The molecule has 1 atom stereocenters. The Morgan fingerprint density at radius 3 is 2.21 bits per heavy atom. The number of fused-ring (bicyclic) bond motifs is 1. The lowest BCUT2D eigenvalue weighted by atomic mass is 9.67. The minimum absolute atomic E-state index is 0.271. The van der Waals surface area contributed by atoms with Crippen molar-refractivity contribution in [3.8, 4) is 17.6 Å². The van der Waals surface area contributed by atoms with Gasteiger partial charge in [0, 0.05) is 17.5 Å². The summed E-state index contributed by atoms with van der Waals surface area (Å²) >= 11 is 0.